The Labute approximate surface area is 276 Å². The molecule has 0 amide bonds. The first kappa shape index (κ1) is 30.3. The minimum atomic E-state index is 0. The second kappa shape index (κ2) is 12.7. The van der Waals surface area contributed by atoms with Crippen molar-refractivity contribution in [1.29, 1.82) is 0 Å². The molecule has 7 heteroatoms. The van der Waals surface area contributed by atoms with Crippen molar-refractivity contribution in [2.45, 2.75) is 33.6 Å². The third kappa shape index (κ3) is 5.55. The predicted octanol–water partition coefficient (Wildman–Crippen LogP) is 8.86. The molecule has 0 atom stereocenters. The Morgan fingerprint density at radius 2 is 1.60 bits per heavy atom. The summed E-state index contributed by atoms with van der Waals surface area (Å²) in [5, 5.41) is 7.24. The molecule has 6 nitrogen and oxygen atoms in total. The Balaban J connectivity index is 0.00000357. The van der Waals surface area contributed by atoms with E-state index in [9.17, 15) is 0 Å². The fourth-order valence-corrected chi connectivity index (χ4v) is 5.99. The molecule has 0 aliphatic heterocycles. The molecule has 0 aliphatic carbocycles. The van der Waals surface area contributed by atoms with Crippen LogP contribution >= 0.6 is 0 Å². The first-order valence-electron chi connectivity index (χ1n) is 14.9. The van der Waals surface area contributed by atoms with E-state index >= 15 is 0 Å². The molecule has 7 aromatic rings. The van der Waals surface area contributed by atoms with Gasteiger partial charge in [-0.15, -0.1) is 35.7 Å². The van der Waals surface area contributed by atoms with Crippen molar-refractivity contribution in [3.63, 3.8) is 0 Å². The van der Waals surface area contributed by atoms with Crippen LogP contribution < -0.4 is 9.47 Å². The summed E-state index contributed by atoms with van der Waals surface area (Å²) in [6.07, 6.45) is 3.43. The summed E-state index contributed by atoms with van der Waals surface area (Å²) in [4.78, 5) is 4.66. The first-order valence-corrected chi connectivity index (χ1v) is 14.9. The summed E-state index contributed by atoms with van der Waals surface area (Å²) in [6, 6.07) is 37.7. The fourth-order valence-electron chi connectivity index (χ4n) is 5.99. The van der Waals surface area contributed by atoms with Gasteiger partial charge in [0.15, 0.2) is 0 Å². The van der Waals surface area contributed by atoms with Crippen LogP contribution in [0.4, 0.5) is 0 Å². The average Bonchev–Trinajstić information content (AvgIpc) is 3.60. The van der Waals surface area contributed by atoms with Gasteiger partial charge in [0.1, 0.15) is 11.6 Å². The maximum atomic E-state index is 6.47. The molecule has 3 heterocycles. The predicted molar refractivity (Wildman–Crippen MR) is 175 cm³/mol. The van der Waals surface area contributed by atoms with E-state index in [2.05, 4.69) is 91.0 Å². The normalized spacial score (nSPS) is 11.1. The molecule has 0 radical (unpaired) electrons. The van der Waals surface area contributed by atoms with Crippen LogP contribution in [-0.2, 0) is 33.3 Å². The van der Waals surface area contributed by atoms with Gasteiger partial charge in [-0.3, -0.25) is 4.68 Å². The van der Waals surface area contributed by atoms with E-state index < -0.39 is 0 Å². The maximum Gasteiger partial charge on any atom is 2.00 e. The minimum absolute atomic E-state index is 0. The molecular weight excluding hydrogens is 651 g/mol. The number of fused-ring (bicyclic) bond motifs is 3. The Morgan fingerprint density at radius 1 is 0.800 bits per heavy atom. The molecule has 0 saturated carbocycles. The van der Waals surface area contributed by atoms with Gasteiger partial charge in [-0.1, -0.05) is 74.8 Å². The molecule has 0 saturated heterocycles. The van der Waals surface area contributed by atoms with Crippen LogP contribution in [0.1, 0.15) is 30.8 Å². The summed E-state index contributed by atoms with van der Waals surface area (Å²) >= 11 is 0. The second-order valence-electron chi connectivity index (χ2n) is 10.8. The van der Waals surface area contributed by atoms with Gasteiger partial charge in [-0.05, 0) is 41.6 Å². The number of hydrogen-bond acceptors (Lipinski definition) is 4. The van der Waals surface area contributed by atoms with Crippen LogP contribution in [0, 0.1) is 19.1 Å². The Kier molecular flexibility index (Phi) is 8.58. The average molecular weight is 683 g/mol. The van der Waals surface area contributed by atoms with Crippen molar-refractivity contribution in [2.75, 3.05) is 7.11 Å². The van der Waals surface area contributed by atoms with E-state index in [1.54, 1.807) is 13.3 Å². The van der Waals surface area contributed by atoms with Gasteiger partial charge in [0.2, 0.25) is 0 Å². The largest absolute Gasteiger partial charge is 2.00 e. The van der Waals surface area contributed by atoms with Gasteiger partial charge in [0.05, 0.1) is 12.8 Å². The number of aryl methyl sites for hydroxylation is 2. The number of nitrogens with zero attached hydrogens (tertiary/aromatic N) is 4. The quantitative estimate of drug-likeness (QED) is 0.119. The first-order chi connectivity index (χ1) is 21.6. The second-order valence-corrected chi connectivity index (χ2v) is 10.8. The Hall–Kier alpha value is -4.70. The smallest absolute Gasteiger partial charge is 0.509 e. The molecule has 45 heavy (non-hydrogen) atoms. The number of aromatic nitrogens is 4. The number of methoxy groups -OCH3 is 1. The summed E-state index contributed by atoms with van der Waals surface area (Å²) in [5.41, 5.74) is 8.43. The SMILES string of the molecule is CCc1nn(-c2[c-]c(Oc3[c-]c4c(cc3)c3ccccc3n4-c3cc(OC)ccn3)cc(C)c2)c(CC)c1-c1ccccc1.[Pd+2]. The topological polar surface area (TPSA) is 54.1 Å². The third-order valence-corrected chi connectivity index (χ3v) is 7.95. The number of benzene rings is 4. The van der Waals surface area contributed by atoms with E-state index in [-0.39, 0.29) is 20.4 Å². The summed E-state index contributed by atoms with van der Waals surface area (Å²) in [5.74, 6) is 2.68. The number of para-hydroxylation sites is 1. The molecule has 0 bridgehead atoms. The van der Waals surface area contributed by atoms with E-state index in [1.807, 2.05) is 47.1 Å². The molecular formula is C38H32N4O2Pd. The van der Waals surface area contributed by atoms with Crippen LogP contribution in [0.15, 0.2) is 97.2 Å². The van der Waals surface area contributed by atoms with Gasteiger partial charge >= 0.3 is 20.4 Å². The summed E-state index contributed by atoms with van der Waals surface area (Å²) in [6.45, 7) is 6.39. The van der Waals surface area contributed by atoms with Gasteiger partial charge in [-0.25, -0.2) is 4.98 Å². The van der Waals surface area contributed by atoms with Crippen molar-refractivity contribution in [2.24, 2.45) is 0 Å². The van der Waals surface area contributed by atoms with Crippen LogP contribution in [0.25, 0.3) is 44.4 Å². The van der Waals surface area contributed by atoms with Crippen LogP contribution in [0.5, 0.6) is 17.2 Å². The van der Waals surface area contributed by atoms with Crippen LogP contribution in [0.2, 0.25) is 0 Å². The molecule has 0 spiro atoms. The zero-order valence-electron chi connectivity index (χ0n) is 25.6. The Morgan fingerprint density at radius 3 is 2.38 bits per heavy atom. The molecule has 0 N–H and O–H groups in total. The summed E-state index contributed by atoms with van der Waals surface area (Å²) in [7, 11) is 1.66. The van der Waals surface area contributed by atoms with E-state index in [0.717, 1.165) is 68.9 Å². The number of hydrogen-bond donors (Lipinski definition) is 0. The minimum Gasteiger partial charge on any atom is -0.509 e. The van der Waals surface area contributed by atoms with Crippen LogP contribution in [-0.4, -0.2) is 26.4 Å². The summed E-state index contributed by atoms with van der Waals surface area (Å²) < 4.78 is 16.1. The number of pyridine rings is 1. The van der Waals surface area contributed by atoms with E-state index in [0.29, 0.717) is 11.5 Å². The molecule has 7 rings (SSSR count). The molecule has 0 aliphatic rings. The van der Waals surface area contributed by atoms with Gasteiger partial charge in [-0.2, -0.15) is 16.7 Å². The van der Waals surface area contributed by atoms with Gasteiger partial charge in [0, 0.05) is 40.5 Å². The van der Waals surface area contributed by atoms with Crippen LogP contribution in [0.3, 0.4) is 0 Å². The molecule has 4 aromatic carbocycles. The third-order valence-electron chi connectivity index (χ3n) is 7.95. The van der Waals surface area contributed by atoms with Gasteiger partial charge in [0.25, 0.3) is 0 Å². The van der Waals surface area contributed by atoms with Crippen molar-refractivity contribution < 1.29 is 29.9 Å². The zero-order chi connectivity index (χ0) is 30.2. The number of rotatable bonds is 8. The van der Waals surface area contributed by atoms with Crippen molar-refractivity contribution in [1.82, 2.24) is 19.3 Å². The molecule has 3 aromatic heterocycles. The van der Waals surface area contributed by atoms with Crippen molar-refractivity contribution in [3.05, 3.63) is 126 Å². The molecule has 226 valence electrons. The fraction of sp³-hybridized carbons (Fsp3) is 0.158. The van der Waals surface area contributed by atoms with Gasteiger partial charge < -0.3 is 14.0 Å². The van der Waals surface area contributed by atoms with E-state index in [4.69, 9.17) is 14.6 Å². The van der Waals surface area contributed by atoms with E-state index in [1.165, 1.54) is 11.1 Å². The van der Waals surface area contributed by atoms with Crippen molar-refractivity contribution >= 4 is 21.8 Å². The zero-order valence-corrected chi connectivity index (χ0v) is 27.1. The monoisotopic (exact) mass is 682 g/mol. The Bertz CT molecular complexity index is 2130. The number of ether oxygens (including phenoxy) is 2. The molecule has 0 unspecified atom stereocenters. The molecule has 0 fully saturated rings. The standard InChI is InChI=1S/C38H32N4O2.Pd/c1-5-33-38(26-12-8-7-9-13-26)34(6-2)42(40-33)27-20-25(3)21-30(22-27)44-29-16-17-32-31-14-10-11-15-35(31)41(36(32)23-29)37-24-28(43-4)18-19-39-37;/h7-21,24H,5-6H2,1-4H3;/q-2;+2. The van der Waals surface area contributed by atoms with Crippen molar-refractivity contribution in [3.8, 4) is 39.9 Å². The maximum absolute atomic E-state index is 6.47.